The molecule has 0 atom stereocenters. The summed E-state index contributed by atoms with van der Waals surface area (Å²) in [6, 6.07) is 0. The molecule has 0 heterocycles. The molecule has 0 bridgehead atoms. The zero-order valence-electron chi connectivity index (χ0n) is 6.77. The third-order valence-electron chi connectivity index (χ3n) is 0.913. The van der Waals surface area contributed by atoms with Crippen LogP contribution in [0.5, 0.6) is 0 Å². The van der Waals surface area contributed by atoms with E-state index in [1.54, 1.807) is 0 Å². The van der Waals surface area contributed by atoms with E-state index in [9.17, 15) is 0 Å². The van der Waals surface area contributed by atoms with Crippen LogP contribution >= 0.6 is 0 Å². The zero-order valence-corrected chi connectivity index (χ0v) is 6.77. The van der Waals surface area contributed by atoms with Gasteiger partial charge < -0.3 is 4.74 Å². The monoisotopic (exact) mass is 128 g/mol. The molecule has 0 unspecified atom stereocenters. The summed E-state index contributed by atoms with van der Waals surface area (Å²) in [5.74, 6) is 1.03. The molecule has 0 fully saturated rings. The lowest BCUT2D eigenvalue weighted by Crippen LogP contribution is -1.99. The summed E-state index contributed by atoms with van der Waals surface area (Å²) in [5, 5.41) is 0. The first-order chi connectivity index (χ1) is 4.16. The molecule has 9 heavy (non-hydrogen) atoms. The minimum atomic E-state index is 0.313. The summed E-state index contributed by atoms with van der Waals surface area (Å²) in [6.45, 7) is 8.16. The molecule has 0 saturated carbocycles. The van der Waals surface area contributed by atoms with E-state index in [2.05, 4.69) is 13.0 Å². The lowest BCUT2D eigenvalue weighted by Gasteiger charge is -2.08. The van der Waals surface area contributed by atoms with Gasteiger partial charge in [-0.1, -0.05) is 6.92 Å². The SMILES string of the molecule is CC/C=C(/C)OC(C)C. The summed E-state index contributed by atoms with van der Waals surface area (Å²) in [5.41, 5.74) is 0. The third kappa shape index (κ3) is 5.41. The van der Waals surface area contributed by atoms with Gasteiger partial charge in [-0.15, -0.1) is 0 Å². The molecule has 1 heteroatoms. The molecular weight excluding hydrogens is 112 g/mol. The highest BCUT2D eigenvalue weighted by atomic mass is 16.5. The largest absolute Gasteiger partial charge is 0.496 e. The Morgan fingerprint density at radius 1 is 1.56 bits per heavy atom. The molecule has 0 aliphatic heterocycles. The third-order valence-corrected chi connectivity index (χ3v) is 0.913. The Kier molecular flexibility index (Phi) is 4.20. The smallest absolute Gasteiger partial charge is 0.0926 e. The molecular formula is C8H16O. The fourth-order valence-electron chi connectivity index (χ4n) is 0.707. The van der Waals surface area contributed by atoms with Crippen LogP contribution in [0.25, 0.3) is 0 Å². The van der Waals surface area contributed by atoms with Crippen molar-refractivity contribution in [1.29, 1.82) is 0 Å². The molecule has 1 nitrogen and oxygen atoms in total. The highest BCUT2D eigenvalue weighted by Crippen LogP contribution is 2.01. The molecule has 0 amide bonds. The van der Waals surface area contributed by atoms with Crippen molar-refractivity contribution < 1.29 is 4.74 Å². The van der Waals surface area contributed by atoms with Crippen molar-refractivity contribution in [2.75, 3.05) is 0 Å². The summed E-state index contributed by atoms with van der Waals surface area (Å²) >= 11 is 0. The van der Waals surface area contributed by atoms with Crippen molar-refractivity contribution in [1.82, 2.24) is 0 Å². The van der Waals surface area contributed by atoms with E-state index in [0.717, 1.165) is 12.2 Å². The van der Waals surface area contributed by atoms with Crippen molar-refractivity contribution in [3.8, 4) is 0 Å². The predicted molar refractivity (Wildman–Crippen MR) is 40.3 cm³/mol. The number of ether oxygens (including phenoxy) is 1. The summed E-state index contributed by atoms with van der Waals surface area (Å²) in [7, 11) is 0. The van der Waals surface area contributed by atoms with Gasteiger partial charge in [0.1, 0.15) is 0 Å². The fourth-order valence-corrected chi connectivity index (χ4v) is 0.707. The number of rotatable bonds is 3. The van der Waals surface area contributed by atoms with Crippen LogP contribution in [-0.2, 0) is 4.74 Å². The molecule has 0 saturated heterocycles. The summed E-state index contributed by atoms with van der Waals surface area (Å²) < 4.78 is 5.35. The van der Waals surface area contributed by atoms with Crippen molar-refractivity contribution in [2.24, 2.45) is 0 Å². The molecule has 0 rings (SSSR count). The van der Waals surface area contributed by atoms with Gasteiger partial charge in [-0.2, -0.15) is 0 Å². The minimum absolute atomic E-state index is 0.313. The second-order valence-corrected chi connectivity index (χ2v) is 2.39. The first-order valence-corrected chi connectivity index (χ1v) is 3.50. The molecule has 0 N–H and O–H groups in total. The van der Waals surface area contributed by atoms with Crippen molar-refractivity contribution in [2.45, 2.75) is 40.2 Å². The minimum Gasteiger partial charge on any atom is -0.496 e. The molecule has 0 aromatic carbocycles. The van der Waals surface area contributed by atoms with Gasteiger partial charge in [0.15, 0.2) is 0 Å². The first-order valence-electron chi connectivity index (χ1n) is 3.50. The molecule has 0 aromatic heterocycles. The van der Waals surface area contributed by atoms with Crippen LogP contribution in [-0.4, -0.2) is 6.10 Å². The quantitative estimate of drug-likeness (QED) is 0.531. The van der Waals surface area contributed by atoms with Gasteiger partial charge in [0.05, 0.1) is 11.9 Å². The van der Waals surface area contributed by atoms with Crippen molar-refractivity contribution in [3.63, 3.8) is 0 Å². The predicted octanol–water partition coefficient (Wildman–Crippen LogP) is 2.73. The van der Waals surface area contributed by atoms with E-state index in [-0.39, 0.29) is 0 Å². The maximum atomic E-state index is 5.35. The van der Waals surface area contributed by atoms with E-state index < -0.39 is 0 Å². The van der Waals surface area contributed by atoms with Gasteiger partial charge in [-0.3, -0.25) is 0 Å². The Morgan fingerprint density at radius 3 is 2.44 bits per heavy atom. The van der Waals surface area contributed by atoms with Gasteiger partial charge in [0.25, 0.3) is 0 Å². The van der Waals surface area contributed by atoms with Gasteiger partial charge in [0.2, 0.25) is 0 Å². The van der Waals surface area contributed by atoms with Gasteiger partial charge >= 0.3 is 0 Å². The van der Waals surface area contributed by atoms with E-state index in [4.69, 9.17) is 4.74 Å². The second kappa shape index (κ2) is 4.42. The van der Waals surface area contributed by atoms with Crippen LogP contribution in [0, 0.1) is 0 Å². The molecule has 0 aromatic rings. The van der Waals surface area contributed by atoms with Gasteiger partial charge in [-0.25, -0.2) is 0 Å². The van der Waals surface area contributed by atoms with Crippen LogP contribution in [0.1, 0.15) is 34.1 Å². The molecule has 54 valence electrons. The van der Waals surface area contributed by atoms with E-state index in [1.807, 2.05) is 20.8 Å². The van der Waals surface area contributed by atoms with E-state index >= 15 is 0 Å². The van der Waals surface area contributed by atoms with Gasteiger partial charge in [0, 0.05) is 0 Å². The zero-order chi connectivity index (χ0) is 7.28. The molecule has 0 aliphatic carbocycles. The second-order valence-electron chi connectivity index (χ2n) is 2.39. The molecule has 0 spiro atoms. The maximum absolute atomic E-state index is 5.35. The number of hydrogen-bond acceptors (Lipinski definition) is 1. The van der Waals surface area contributed by atoms with Crippen LogP contribution in [0.15, 0.2) is 11.8 Å². The maximum Gasteiger partial charge on any atom is 0.0926 e. The Hall–Kier alpha value is -0.460. The molecule has 0 radical (unpaired) electrons. The van der Waals surface area contributed by atoms with Crippen LogP contribution in [0.2, 0.25) is 0 Å². The first kappa shape index (κ1) is 8.54. The van der Waals surface area contributed by atoms with Crippen LogP contribution in [0.3, 0.4) is 0 Å². The van der Waals surface area contributed by atoms with Crippen LogP contribution < -0.4 is 0 Å². The highest BCUT2D eigenvalue weighted by Gasteiger charge is 1.91. The van der Waals surface area contributed by atoms with Crippen molar-refractivity contribution in [3.05, 3.63) is 11.8 Å². The van der Waals surface area contributed by atoms with E-state index in [1.165, 1.54) is 0 Å². The lowest BCUT2D eigenvalue weighted by atomic mass is 10.4. The number of hydrogen-bond donors (Lipinski definition) is 0. The normalized spacial score (nSPS) is 12.3. The standard InChI is InChI=1S/C8H16O/c1-5-6-8(4)9-7(2)3/h6-7H,5H2,1-4H3/b8-6-. The number of allylic oxidation sites excluding steroid dienone is 2. The summed E-state index contributed by atoms with van der Waals surface area (Å²) in [6.07, 6.45) is 3.45. The fraction of sp³-hybridized carbons (Fsp3) is 0.750. The van der Waals surface area contributed by atoms with E-state index in [0.29, 0.717) is 6.10 Å². The van der Waals surface area contributed by atoms with Gasteiger partial charge in [-0.05, 0) is 33.3 Å². The topological polar surface area (TPSA) is 9.23 Å². The Morgan fingerprint density at radius 2 is 2.11 bits per heavy atom. The summed E-state index contributed by atoms with van der Waals surface area (Å²) in [4.78, 5) is 0. The lowest BCUT2D eigenvalue weighted by molar-refractivity contribution is 0.148. The van der Waals surface area contributed by atoms with Crippen molar-refractivity contribution >= 4 is 0 Å². The van der Waals surface area contributed by atoms with Crippen LogP contribution in [0.4, 0.5) is 0 Å². The average Bonchev–Trinajstić information content (AvgIpc) is 1.63. The highest BCUT2D eigenvalue weighted by molar-refractivity contribution is 4.87. The average molecular weight is 128 g/mol. The molecule has 0 aliphatic rings. The Labute approximate surface area is 57.7 Å². The Bertz CT molecular complexity index is 92.7. The Balaban J connectivity index is 3.49.